The Morgan fingerprint density at radius 1 is 1.22 bits per heavy atom. The third kappa shape index (κ3) is 4.99. The lowest BCUT2D eigenvalue weighted by Gasteiger charge is -2.31. The first-order valence-corrected chi connectivity index (χ1v) is 10.6. The van der Waals surface area contributed by atoms with Crippen LogP contribution in [0.25, 0.3) is 0 Å². The molecule has 2 aromatic rings. The van der Waals surface area contributed by atoms with Gasteiger partial charge >= 0.3 is 0 Å². The Kier molecular flexibility index (Phi) is 6.49. The van der Waals surface area contributed by atoms with Crippen LogP contribution in [0.4, 0.5) is 15.8 Å². The number of halogens is 2. The first-order chi connectivity index (χ1) is 12.5. The van der Waals surface area contributed by atoms with Crippen LogP contribution >= 0.6 is 11.6 Å². The van der Waals surface area contributed by atoms with Crippen LogP contribution in [0.2, 0.25) is 5.02 Å². The largest absolute Gasteiger partial charge is 0.324 e. The van der Waals surface area contributed by atoms with Crippen molar-refractivity contribution in [2.45, 2.75) is 33.2 Å². The van der Waals surface area contributed by atoms with Crippen molar-refractivity contribution in [2.24, 2.45) is 0 Å². The zero-order chi connectivity index (χ0) is 20.4. The molecule has 1 atom stereocenters. The molecular formula is C19H22ClFN2O3S. The van der Waals surface area contributed by atoms with Crippen molar-refractivity contribution in [1.82, 2.24) is 0 Å². The number of carbonyl (C=O) groups is 1. The molecule has 5 nitrogen and oxygen atoms in total. The highest BCUT2D eigenvalue weighted by Gasteiger charge is 2.32. The van der Waals surface area contributed by atoms with Gasteiger partial charge in [-0.15, -0.1) is 0 Å². The summed E-state index contributed by atoms with van der Waals surface area (Å²) in [5.74, 6) is -1.12. The molecule has 0 aliphatic rings. The lowest BCUT2D eigenvalue weighted by Crippen LogP contribution is -2.47. The first kappa shape index (κ1) is 21.2. The molecule has 1 unspecified atom stereocenters. The van der Waals surface area contributed by atoms with Crippen LogP contribution < -0.4 is 9.62 Å². The van der Waals surface area contributed by atoms with E-state index in [2.05, 4.69) is 5.32 Å². The number of aryl methyl sites for hydroxylation is 2. The van der Waals surface area contributed by atoms with Crippen molar-refractivity contribution in [2.75, 3.05) is 15.9 Å². The Bertz CT molecular complexity index is 963. The second kappa shape index (κ2) is 8.27. The summed E-state index contributed by atoms with van der Waals surface area (Å²) in [4.78, 5) is 12.8. The first-order valence-electron chi connectivity index (χ1n) is 8.37. The van der Waals surface area contributed by atoms with E-state index in [9.17, 15) is 17.6 Å². The molecule has 0 aliphatic heterocycles. The van der Waals surface area contributed by atoms with E-state index in [1.165, 1.54) is 12.1 Å². The predicted molar refractivity (Wildman–Crippen MR) is 107 cm³/mol. The highest BCUT2D eigenvalue weighted by Crippen LogP contribution is 2.28. The molecule has 0 radical (unpaired) electrons. The molecule has 27 heavy (non-hydrogen) atoms. The van der Waals surface area contributed by atoms with Gasteiger partial charge in [-0.25, -0.2) is 12.8 Å². The van der Waals surface area contributed by atoms with Gasteiger partial charge in [0.15, 0.2) is 0 Å². The van der Waals surface area contributed by atoms with Gasteiger partial charge in [0.2, 0.25) is 15.9 Å². The summed E-state index contributed by atoms with van der Waals surface area (Å²) < 4.78 is 39.5. The molecule has 146 valence electrons. The summed E-state index contributed by atoms with van der Waals surface area (Å²) in [5.41, 5.74) is 2.36. The summed E-state index contributed by atoms with van der Waals surface area (Å²) in [5, 5.41) is 2.49. The van der Waals surface area contributed by atoms with Gasteiger partial charge in [0, 0.05) is 5.69 Å². The fraction of sp³-hybridized carbons (Fsp3) is 0.316. The van der Waals surface area contributed by atoms with Crippen LogP contribution in [0.1, 0.15) is 24.5 Å². The molecule has 0 aliphatic carbocycles. The topological polar surface area (TPSA) is 66.5 Å². The molecule has 2 rings (SSSR count). The molecule has 8 heteroatoms. The van der Waals surface area contributed by atoms with E-state index < -0.39 is 27.8 Å². The molecule has 0 bridgehead atoms. The van der Waals surface area contributed by atoms with Crippen molar-refractivity contribution in [1.29, 1.82) is 0 Å². The number of nitrogens with zero attached hydrogens (tertiary/aromatic N) is 1. The average molecular weight is 413 g/mol. The Morgan fingerprint density at radius 3 is 2.44 bits per heavy atom. The van der Waals surface area contributed by atoms with Gasteiger partial charge < -0.3 is 5.32 Å². The highest BCUT2D eigenvalue weighted by molar-refractivity contribution is 7.92. The molecule has 0 aromatic heterocycles. The molecule has 0 fully saturated rings. The Labute approximate surface area is 164 Å². The maximum Gasteiger partial charge on any atom is 0.248 e. The standard InChI is InChI=1S/C19H22ClFN2O3S/c1-5-17(19(24)22-14-8-9-16(21)15(20)11-14)23(27(4,25)26)18-10-12(2)6-7-13(18)3/h6-11,17H,5H2,1-4H3,(H,22,24). The Morgan fingerprint density at radius 2 is 1.89 bits per heavy atom. The third-order valence-electron chi connectivity index (χ3n) is 4.12. The van der Waals surface area contributed by atoms with E-state index >= 15 is 0 Å². The van der Waals surface area contributed by atoms with E-state index in [1.54, 1.807) is 19.9 Å². The van der Waals surface area contributed by atoms with E-state index in [0.29, 0.717) is 11.4 Å². The number of hydrogen-bond donors (Lipinski definition) is 1. The SMILES string of the molecule is CCC(C(=O)Nc1ccc(F)c(Cl)c1)N(c1cc(C)ccc1C)S(C)(=O)=O. The summed E-state index contributed by atoms with van der Waals surface area (Å²) in [6, 6.07) is 8.25. The molecule has 0 spiro atoms. The van der Waals surface area contributed by atoms with Crippen molar-refractivity contribution in [3.63, 3.8) is 0 Å². The van der Waals surface area contributed by atoms with Crippen LogP contribution in [-0.2, 0) is 14.8 Å². The number of anilines is 2. The van der Waals surface area contributed by atoms with Crippen molar-refractivity contribution in [3.8, 4) is 0 Å². The zero-order valence-electron chi connectivity index (χ0n) is 15.6. The highest BCUT2D eigenvalue weighted by atomic mass is 35.5. The predicted octanol–water partition coefficient (Wildman–Crippen LogP) is 4.28. The minimum atomic E-state index is -3.73. The smallest absolute Gasteiger partial charge is 0.248 e. The van der Waals surface area contributed by atoms with Crippen LogP contribution in [0.15, 0.2) is 36.4 Å². The molecule has 1 N–H and O–H groups in total. The van der Waals surface area contributed by atoms with Crippen LogP contribution in [-0.4, -0.2) is 26.6 Å². The number of hydrogen-bond acceptors (Lipinski definition) is 3. The fourth-order valence-corrected chi connectivity index (χ4v) is 4.23. The van der Waals surface area contributed by atoms with Crippen molar-refractivity contribution in [3.05, 3.63) is 58.4 Å². The lowest BCUT2D eigenvalue weighted by atomic mass is 10.1. The van der Waals surface area contributed by atoms with Gasteiger partial charge in [0.1, 0.15) is 11.9 Å². The number of benzene rings is 2. The fourth-order valence-electron chi connectivity index (χ4n) is 2.79. The van der Waals surface area contributed by atoms with E-state index in [0.717, 1.165) is 27.8 Å². The van der Waals surface area contributed by atoms with E-state index in [-0.39, 0.29) is 11.4 Å². The molecule has 0 saturated carbocycles. The van der Waals surface area contributed by atoms with Crippen molar-refractivity contribution < 1.29 is 17.6 Å². The van der Waals surface area contributed by atoms with E-state index in [1.807, 2.05) is 19.1 Å². The maximum atomic E-state index is 13.3. The molecular weight excluding hydrogens is 391 g/mol. The molecule has 0 saturated heterocycles. The second-order valence-corrected chi connectivity index (χ2v) is 8.66. The van der Waals surface area contributed by atoms with Gasteiger partial charge in [-0.05, 0) is 55.7 Å². The number of nitrogens with one attached hydrogen (secondary N) is 1. The quantitative estimate of drug-likeness (QED) is 0.770. The number of amides is 1. The average Bonchev–Trinajstić information content (AvgIpc) is 2.57. The van der Waals surface area contributed by atoms with Gasteiger partial charge in [0.05, 0.1) is 17.0 Å². The van der Waals surface area contributed by atoms with Crippen LogP contribution in [0.5, 0.6) is 0 Å². The normalized spacial score (nSPS) is 12.5. The molecule has 2 aromatic carbocycles. The molecule has 0 heterocycles. The third-order valence-corrected chi connectivity index (χ3v) is 5.57. The monoisotopic (exact) mass is 412 g/mol. The minimum absolute atomic E-state index is 0.129. The number of carbonyl (C=O) groups excluding carboxylic acids is 1. The number of sulfonamides is 1. The van der Waals surface area contributed by atoms with Gasteiger partial charge in [0.25, 0.3) is 0 Å². The maximum absolute atomic E-state index is 13.3. The van der Waals surface area contributed by atoms with Gasteiger partial charge in [-0.3, -0.25) is 9.10 Å². The summed E-state index contributed by atoms with van der Waals surface area (Å²) in [7, 11) is -3.73. The summed E-state index contributed by atoms with van der Waals surface area (Å²) in [6.45, 7) is 5.37. The van der Waals surface area contributed by atoms with Gasteiger partial charge in [-0.2, -0.15) is 0 Å². The zero-order valence-corrected chi connectivity index (χ0v) is 17.2. The Balaban J connectivity index is 2.44. The van der Waals surface area contributed by atoms with E-state index in [4.69, 9.17) is 11.6 Å². The lowest BCUT2D eigenvalue weighted by molar-refractivity contribution is -0.117. The second-order valence-electron chi connectivity index (χ2n) is 6.39. The minimum Gasteiger partial charge on any atom is -0.324 e. The van der Waals surface area contributed by atoms with Crippen molar-refractivity contribution >= 4 is 38.9 Å². The van der Waals surface area contributed by atoms with Gasteiger partial charge in [-0.1, -0.05) is 30.7 Å². The van der Waals surface area contributed by atoms with Crippen LogP contribution in [0.3, 0.4) is 0 Å². The van der Waals surface area contributed by atoms with Crippen LogP contribution in [0, 0.1) is 19.7 Å². The number of rotatable bonds is 6. The summed E-state index contributed by atoms with van der Waals surface area (Å²) >= 11 is 5.75. The Hall–Kier alpha value is -2.12. The summed E-state index contributed by atoms with van der Waals surface area (Å²) in [6.07, 6.45) is 1.32. The molecule has 1 amide bonds.